The Bertz CT molecular complexity index is 1130. The van der Waals surface area contributed by atoms with E-state index in [1.54, 1.807) is 13.8 Å². The number of hydrogen-bond acceptors (Lipinski definition) is 6. The minimum absolute atomic E-state index is 0.109. The van der Waals surface area contributed by atoms with Gasteiger partial charge in [-0.15, -0.1) is 0 Å². The van der Waals surface area contributed by atoms with E-state index < -0.39 is 38.6 Å². The highest BCUT2D eigenvalue weighted by atomic mass is 32.2. The first-order chi connectivity index (χ1) is 14.7. The number of morpholine rings is 1. The number of rotatable bonds is 5. The zero-order chi connectivity index (χ0) is 22.4. The third kappa shape index (κ3) is 3.60. The molecule has 0 aliphatic carbocycles. The van der Waals surface area contributed by atoms with E-state index >= 15 is 0 Å². The second-order valence-electron chi connectivity index (χ2n) is 8.23. The van der Waals surface area contributed by atoms with Gasteiger partial charge in [0, 0.05) is 20.1 Å². The van der Waals surface area contributed by atoms with Crippen LogP contribution >= 0.6 is 0 Å². The Morgan fingerprint density at radius 3 is 2.81 bits per heavy atom. The summed E-state index contributed by atoms with van der Waals surface area (Å²) in [6.45, 7) is 3.55. The van der Waals surface area contributed by atoms with Crippen LogP contribution in [0.25, 0.3) is 11.0 Å². The van der Waals surface area contributed by atoms with Crippen LogP contribution in [0.2, 0.25) is 0 Å². The van der Waals surface area contributed by atoms with E-state index in [9.17, 15) is 18.0 Å². The lowest BCUT2D eigenvalue weighted by Crippen LogP contribution is -2.62. The Hall–Kier alpha value is -2.50. The lowest BCUT2D eigenvalue weighted by atomic mass is 9.88. The van der Waals surface area contributed by atoms with Gasteiger partial charge in [0.15, 0.2) is 5.60 Å². The van der Waals surface area contributed by atoms with Crippen LogP contribution in [0.15, 0.2) is 24.3 Å². The number of nitrogens with zero attached hydrogens (tertiary/aromatic N) is 3. The molecule has 2 atom stereocenters. The molecule has 168 valence electrons. The molecule has 11 heteroatoms. The van der Waals surface area contributed by atoms with Crippen molar-refractivity contribution in [3.8, 4) is 0 Å². The first-order valence-corrected chi connectivity index (χ1v) is 11.8. The molecule has 2 aliphatic heterocycles. The number of carbonyl (C=O) groups excluding carboxylic acids is 2. The third-order valence-electron chi connectivity index (χ3n) is 6.06. The van der Waals surface area contributed by atoms with Crippen LogP contribution in [0.4, 0.5) is 0 Å². The number of carbonyl (C=O) groups is 2. The van der Waals surface area contributed by atoms with Crippen molar-refractivity contribution in [2.24, 2.45) is 13.0 Å². The van der Waals surface area contributed by atoms with Gasteiger partial charge in [0.1, 0.15) is 5.82 Å². The summed E-state index contributed by atoms with van der Waals surface area (Å²) in [5.74, 6) is -1.20. The number of hydrogen-bond donors (Lipinski definition) is 2. The van der Waals surface area contributed by atoms with Gasteiger partial charge in [-0.2, -0.15) is 4.31 Å². The highest BCUT2D eigenvalue weighted by Gasteiger charge is 2.59. The van der Waals surface area contributed by atoms with Crippen LogP contribution in [0, 0.1) is 5.92 Å². The highest BCUT2D eigenvalue weighted by molar-refractivity contribution is 7.89. The van der Waals surface area contributed by atoms with Crippen LogP contribution < -0.4 is 10.6 Å². The molecule has 0 saturated carbocycles. The fraction of sp³-hybridized carbons (Fsp3) is 0.550. The molecule has 0 radical (unpaired) electrons. The lowest BCUT2D eigenvalue weighted by Gasteiger charge is -2.36. The maximum atomic E-state index is 13.2. The Morgan fingerprint density at radius 2 is 2.13 bits per heavy atom. The van der Waals surface area contributed by atoms with Crippen molar-refractivity contribution in [2.45, 2.75) is 31.2 Å². The van der Waals surface area contributed by atoms with Gasteiger partial charge in [0.25, 0.3) is 5.91 Å². The molecule has 0 unspecified atom stereocenters. The molecule has 2 N–H and O–H groups in total. The van der Waals surface area contributed by atoms with Gasteiger partial charge in [0.2, 0.25) is 15.9 Å². The second kappa shape index (κ2) is 7.88. The molecule has 1 spiro atoms. The smallest absolute Gasteiger partial charge is 0.254 e. The predicted octanol–water partition coefficient (Wildman–Crippen LogP) is -0.255. The van der Waals surface area contributed by atoms with E-state index in [1.807, 2.05) is 35.9 Å². The van der Waals surface area contributed by atoms with Crippen LogP contribution in [0.1, 0.15) is 19.7 Å². The van der Waals surface area contributed by atoms with Gasteiger partial charge in [-0.3, -0.25) is 9.59 Å². The molecule has 31 heavy (non-hydrogen) atoms. The van der Waals surface area contributed by atoms with Crippen molar-refractivity contribution in [2.75, 3.05) is 26.2 Å². The molecule has 1 aromatic heterocycles. The number of sulfonamides is 1. The van der Waals surface area contributed by atoms with Crippen LogP contribution in [0.5, 0.6) is 0 Å². The van der Waals surface area contributed by atoms with Gasteiger partial charge >= 0.3 is 0 Å². The number of fused-ring (bicyclic) bond motifs is 1. The first-order valence-electron chi connectivity index (χ1n) is 10.3. The molecule has 0 bridgehead atoms. The van der Waals surface area contributed by atoms with Crippen LogP contribution in [0.3, 0.4) is 0 Å². The summed E-state index contributed by atoms with van der Waals surface area (Å²) >= 11 is 0. The topological polar surface area (TPSA) is 123 Å². The minimum Gasteiger partial charge on any atom is -0.361 e. The molecule has 2 aromatic rings. The van der Waals surface area contributed by atoms with Crippen molar-refractivity contribution >= 4 is 32.9 Å². The average molecular weight is 450 g/mol. The average Bonchev–Trinajstić information content (AvgIpc) is 3.28. The number of imidazole rings is 1. The summed E-state index contributed by atoms with van der Waals surface area (Å²) in [6, 6.07) is 7.64. The van der Waals surface area contributed by atoms with E-state index in [0.717, 1.165) is 11.0 Å². The summed E-state index contributed by atoms with van der Waals surface area (Å²) in [7, 11) is -1.79. The fourth-order valence-corrected chi connectivity index (χ4v) is 5.53. The van der Waals surface area contributed by atoms with E-state index in [2.05, 4.69) is 15.6 Å². The molecule has 4 rings (SSSR count). The molecule has 2 aliphatic rings. The summed E-state index contributed by atoms with van der Waals surface area (Å²) in [4.78, 5) is 30.5. The summed E-state index contributed by atoms with van der Waals surface area (Å²) in [5, 5.41) is 4.88. The Morgan fingerprint density at radius 1 is 1.39 bits per heavy atom. The van der Waals surface area contributed by atoms with Gasteiger partial charge in [-0.05, 0) is 26.0 Å². The van der Waals surface area contributed by atoms with Crippen molar-refractivity contribution in [1.82, 2.24) is 24.5 Å². The standard InChI is InChI=1S/C20H27N5O5S/c1-13(2)31(28,29)25-11-14(20(12-25)19(27)21-8-9-30-20)18(26)22-10-17-23-15-6-4-5-7-16(15)24(17)3/h4-7,13-14H,8-12H2,1-3H3,(H,21,27)(H,22,26)/t14-,20-/m1/s1. The second-order valence-corrected chi connectivity index (χ2v) is 10.7. The Balaban J connectivity index is 1.58. The Kier molecular flexibility index (Phi) is 5.52. The number of para-hydroxylation sites is 2. The van der Waals surface area contributed by atoms with Crippen molar-refractivity contribution in [3.05, 3.63) is 30.1 Å². The van der Waals surface area contributed by atoms with Crippen molar-refractivity contribution in [3.63, 3.8) is 0 Å². The van der Waals surface area contributed by atoms with Crippen LogP contribution in [-0.4, -0.2) is 71.2 Å². The van der Waals surface area contributed by atoms with Gasteiger partial charge < -0.3 is 19.9 Å². The Labute approximate surface area is 181 Å². The largest absolute Gasteiger partial charge is 0.361 e. The molecule has 2 saturated heterocycles. The normalized spacial score (nSPS) is 24.8. The molecular formula is C20H27N5O5S. The highest BCUT2D eigenvalue weighted by Crippen LogP contribution is 2.36. The molecule has 10 nitrogen and oxygen atoms in total. The van der Waals surface area contributed by atoms with Gasteiger partial charge in [-0.1, -0.05) is 12.1 Å². The summed E-state index contributed by atoms with van der Waals surface area (Å²) in [5.41, 5.74) is 0.223. The number of amides is 2. The number of aryl methyl sites for hydroxylation is 1. The van der Waals surface area contributed by atoms with E-state index in [0.29, 0.717) is 12.4 Å². The van der Waals surface area contributed by atoms with Crippen molar-refractivity contribution in [1.29, 1.82) is 0 Å². The minimum atomic E-state index is -3.66. The summed E-state index contributed by atoms with van der Waals surface area (Å²) < 4.78 is 34.4. The van der Waals surface area contributed by atoms with E-state index in [-0.39, 0.29) is 26.2 Å². The summed E-state index contributed by atoms with van der Waals surface area (Å²) in [6.07, 6.45) is 0. The molecule has 3 heterocycles. The maximum absolute atomic E-state index is 13.2. The lowest BCUT2D eigenvalue weighted by molar-refractivity contribution is -0.163. The predicted molar refractivity (Wildman–Crippen MR) is 113 cm³/mol. The fourth-order valence-electron chi connectivity index (χ4n) is 4.21. The van der Waals surface area contributed by atoms with E-state index in [1.165, 1.54) is 4.31 Å². The van der Waals surface area contributed by atoms with Crippen LogP contribution in [-0.2, 0) is 37.9 Å². The SMILES string of the molecule is CC(C)S(=O)(=O)N1C[C@H](C(=O)NCc2nc3ccccc3n2C)[C@@]2(C1)OCCNC2=O. The molecule has 2 fully saturated rings. The number of ether oxygens (including phenoxy) is 1. The third-order valence-corrected chi connectivity index (χ3v) is 8.25. The number of nitrogens with one attached hydrogen (secondary N) is 2. The zero-order valence-corrected chi connectivity index (χ0v) is 18.6. The maximum Gasteiger partial charge on any atom is 0.254 e. The zero-order valence-electron chi connectivity index (χ0n) is 17.8. The van der Waals surface area contributed by atoms with E-state index in [4.69, 9.17) is 4.74 Å². The molecule has 1 aromatic carbocycles. The van der Waals surface area contributed by atoms with Gasteiger partial charge in [0.05, 0.1) is 41.9 Å². The van der Waals surface area contributed by atoms with Crippen molar-refractivity contribution < 1.29 is 22.7 Å². The monoisotopic (exact) mass is 449 g/mol. The van der Waals surface area contributed by atoms with Gasteiger partial charge in [-0.25, -0.2) is 13.4 Å². The molecular weight excluding hydrogens is 422 g/mol. The number of aromatic nitrogens is 2. The molecule has 2 amide bonds. The first kappa shape index (κ1) is 21.7. The quantitative estimate of drug-likeness (QED) is 0.649. The number of benzene rings is 1.